The quantitative estimate of drug-likeness (QED) is 0.504. The van der Waals surface area contributed by atoms with Crippen LogP contribution in [0.4, 0.5) is 5.69 Å². The van der Waals surface area contributed by atoms with Gasteiger partial charge in [-0.1, -0.05) is 35.9 Å². The van der Waals surface area contributed by atoms with Crippen molar-refractivity contribution < 1.29 is 4.79 Å². The lowest BCUT2D eigenvalue weighted by atomic mass is 10.2. The van der Waals surface area contributed by atoms with Gasteiger partial charge < -0.3 is 20.9 Å². The predicted octanol–water partition coefficient (Wildman–Crippen LogP) is 2.71. The number of benzene rings is 2. The number of hydrogen-bond donors (Lipinski definition) is 3. The fourth-order valence-electron chi connectivity index (χ4n) is 2.44. The van der Waals surface area contributed by atoms with Crippen LogP contribution in [0.2, 0.25) is 5.02 Å². The highest BCUT2D eigenvalue weighted by molar-refractivity contribution is 6.30. The Morgan fingerprint density at radius 2 is 1.70 bits per heavy atom. The summed E-state index contributed by atoms with van der Waals surface area (Å²) in [6.07, 6.45) is 0. The molecule has 0 aliphatic heterocycles. The van der Waals surface area contributed by atoms with Crippen molar-refractivity contribution in [3.05, 3.63) is 64.7 Å². The molecule has 2 aromatic rings. The molecule has 0 saturated carbocycles. The van der Waals surface area contributed by atoms with Gasteiger partial charge in [-0.25, -0.2) is 0 Å². The lowest BCUT2D eigenvalue weighted by molar-refractivity contribution is -0.116. The number of amides is 1. The second kappa shape index (κ2) is 10.5. The molecule has 0 aliphatic carbocycles. The number of carbonyl (C=O) groups is 1. The zero-order valence-electron chi connectivity index (χ0n) is 15.9. The van der Waals surface area contributed by atoms with E-state index >= 15 is 0 Å². The Morgan fingerprint density at radius 3 is 2.33 bits per heavy atom. The van der Waals surface area contributed by atoms with Gasteiger partial charge >= 0.3 is 0 Å². The van der Waals surface area contributed by atoms with Crippen molar-refractivity contribution in [2.75, 3.05) is 33.0 Å². The van der Waals surface area contributed by atoms with Crippen LogP contribution in [0.15, 0.2) is 53.5 Å². The maximum Gasteiger partial charge on any atom is 0.238 e. The molecule has 3 N–H and O–H groups in total. The first kappa shape index (κ1) is 20.7. The summed E-state index contributed by atoms with van der Waals surface area (Å²) in [6, 6.07) is 15.4. The minimum absolute atomic E-state index is 0.0365. The van der Waals surface area contributed by atoms with Crippen LogP contribution in [0.1, 0.15) is 11.1 Å². The van der Waals surface area contributed by atoms with E-state index in [1.54, 1.807) is 7.05 Å². The molecule has 0 aliphatic rings. The summed E-state index contributed by atoms with van der Waals surface area (Å²) < 4.78 is 0. The largest absolute Gasteiger partial charge is 0.352 e. The van der Waals surface area contributed by atoms with Gasteiger partial charge in [-0.3, -0.25) is 9.79 Å². The van der Waals surface area contributed by atoms with Crippen molar-refractivity contribution in [2.24, 2.45) is 4.99 Å². The number of aliphatic imine (C=N–C) groups is 1. The van der Waals surface area contributed by atoms with Gasteiger partial charge in [0.15, 0.2) is 5.96 Å². The molecule has 0 spiro atoms. The second-order valence-corrected chi connectivity index (χ2v) is 6.83. The molecule has 6 nitrogen and oxygen atoms in total. The van der Waals surface area contributed by atoms with E-state index in [1.165, 1.54) is 0 Å². The molecule has 1 amide bonds. The first-order valence-electron chi connectivity index (χ1n) is 8.69. The van der Waals surface area contributed by atoms with Crippen molar-refractivity contribution in [1.82, 2.24) is 15.5 Å². The number of rotatable bonds is 7. The number of likely N-dealkylation sites (N-methyl/N-ethyl adjacent to an activating group) is 1. The van der Waals surface area contributed by atoms with Crippen molar-refractivity contribution >= 4 is 29.2 Å². The number of nitrogens with zero attached hydrogens (tertiary/aromatic N) is 2. The van der Waals surface area contributed by atoms with E-state index in [9.17, 15) is 4.79 Å². The van der Waals surface area contributed by atoms with Gasteiger partial charge in [0.05, 0.1) is 6.54 Å². The molecule has 0 radical (unpaired) electrons. The van der Waals surface area contributed by atoms with E-state index in [1.807, 2.05) is 67.5 Å². The summed E-state index contributed by atoms with van der Waals surface area (Å²) in [4.78, 5) is 17.9. The van der Waals surface area contributed by atoms with Gasteiger partial charge in [0, 0.05) is 30.8 Å². The Balaban J connectivity index is 1.85. The van der Waals surface area contributed by atoms with Crippen LogP contribution in [-0.2, 0) is 17.9 Å². The van der Waals surface area contributed by atoms with Gasteiger partial charge in [0.1, 0.15) is 0 Å². The maximum atomic E-state index is 11.9. The molecule has 27 heavy (non-hydrogen) atoms. The average Bonchev–Trinajstić information content (AvgIpc) is 2.63. The number of anilines is 1. The minimum Gasteiger partial charge on any atom is -0.352 e. The molecule has 2 rings (SSSR count). The first-order valence-corrected chi connectivity index (χ1v) is 9.06. The third-order valence-corrected chi connectivity index (χ3v) is 3.98. The van der Waals surface area contributed by atoms with Crippen LogP contribution in [0, 0.1) is 0 Å². The number of nitrogens with one attached hydrogen (secondary N) is 3. The highest BCUT2D eigenvalue weighted by atomic mass is 35.5. The predicted molar refractivity (Wildman–Crippen MR) is 112 cm³/mol. The van der Waals surface area contributed by atoms with Gasteiger partial charge in [0.2, 0.25) is 5.91 Å². The molecule has 0 atom stereocenters. The van der Waals surface area contributed by atoms with Crippen LogP contribution < -0.4 is 16.0 Å². The van der Waals surface area contributed by atoms with E-state index in [0.29, 0.717) is 25.6 Å². The minimum atomic E-state index is -0.0365. The molecule has 0 bridgehead atoms. The summed E-state index contributed by atoms with van der Waals surface area (Å²) in [5.74, 6) is 0.664. The van der Waals surface area contributed by atoms with E-state index in [0.717, 1.165) is 21.8 Å². The smallest absolute Gasteiger partial charge is 0.238 e. The lowest BCUT2D eigenvalue weighted by Crippen LogP contribution is -2.36. The molecular formula is C20H26ClN5O. The zero-order chi connectivity index (χ0) is 19.6. The molecule has 144 valence electrons. The van der Waals surface area contributed by atoms with Crippen molar-refractivity contribution in [3.8, 4) is 0 Å². The molecule has 7 heteroatoms. The van der Waals surface area contributed by atoms with Crippen molar-refractivity contribution in [3.63, 3.8) is 0 Å². The Kier molecular flexibility index (Phi) is 8.10. The van der Waals surface area contributed by atoms with Crippen LogP contribution in [0.3, 0.4) is 0 Å². The van der Waals surface area contributed by atoms with E-state index < -0.39 is 0 Å². The third-order valence-electron chi connectivity index (χ3n) is 3.73. The Bertz CT molecular complexity index is 774. The molecule has 2 aromatic carbocycles. The fraction of sp³-hybridized carbons (Fsp3) is 0.300. The van der Waals surface area contributed by atoms with E-state index in [4.69, 9.17) is 11.6 Å². The Morgan fingerprint density at radius 1 is 1.04 bits per heavy atom. The summed E-state index contributed by atoms with van der Waals surface area (Å²) in [5.41, 5.74) is 2.95. The highest BCUT2D eigenvalue weighted by Crippen LogP contribution is 2.11. The van der Waals surface area contributed by atoms with E-state index in [2.05, 4.69) is 20.9 Å². The van der Waals surface area contributed by atoms with Gasteiger partial charge in [0.25, 0.3) is 0 Å². The summed E-state index contributed by atoms with van der Waals surface area (Å²) >= 11 is 5.90. The van der Waals surface area contributed by atoms with Crippen LogP contribution in [-0.4, -0.2) is 44.5 Å². The summed E-state index contributed by atoms with van der Waals surface area (Å²) in [6.45, 7) is 1.60. The zero-order valence-corrected chi connectivity index (χ0v) is 16.7. The molecule has 0 fully saturated rings. The highest BCUT2D eigenvalue weighted by Gasteiger charge is 2.05. The monoisotopic (exact) mass is 387 g/mol. The third kappa shape index (κ3) is 7.68. The number of halogens is 1. The maximum absolute atomic E-state index is 11.9. The van der Waals surface area contributed by atoms with Crippen molar-refractivity contribution in [1.29, 1.82) is 0 Å². The average molecular weight is 388 g/mol. The van der Waals surface area contributed by atoms with Gasteiger partial charge in [-0.15, -0.1) is 0 Å². The normalized spacial score (nSPS) is 11.4. The Hall–Kier alpha value is -2.57. The summed E-state index contributed by atoms with van der Waals surface area (Å²) in [5, 5.41) is 10.2. The van der Waals surface area contributed by atoms with Gasteiger partial charge in [-0.05, 0) is 49.5 Å². The fourth-order valence-corrected chi connectivity index (χ4v) is 2.57. The molecule has 0 aromatic heterocycles. The summed E-state index contributed by atoms with van der Waals surface area (Å²) in [7, 11) is 5.46. The van der Waals surface area contributed by atoms with Crippen molar-refractivity contribution in [2.45, 2.75) is 13.1 Å². The first-order chi connectivity index (χ1) is 13.0. The molecule has 0 saturated heterocycles. The van der Waals surface area contributed by atoms with Gasteiger partial charge in [-0.2, -0.15) is 0 Å². The number of hydrogen-bond acceptors (Lipinski definition) is 3. The SMILES string of the molecule is CN=C(NCc1ccc(Cl)cc1)NCc1cccc(NC(=O)CN(C)C)c1. The number of carbonyl (C=O) groups excluding carboxylic acids is 1. The molecule has 0 heterocycles. The lowest BCUT2D eigenvalue weighted by Gasteiger charge is -2.13. The van der Waals surface area contributed by atoms with E-state index in [-0.39, 0.29) is 5.91 Å². The topological polar surface area (TPSA) is 68.8 Å². The molecular weight excluding hydrogens is 362 g/mol. The molecule has 0 unspecified atom stereocenters. The standard InChI is InChI=1S/C20H26ClN5O/c1-22-20(23-12-15-7-9-17(21)10-8-15)24-13-16-5-4-6-18(11-16)25-19(27)14-26(2)3/h4-11H,12-14H2,1-3H3,(H,25,27)(H2,22,23,24). The van der Waals surface area contributed by atoms with Crippen LogP contribution >= 0.6 is 11.6 Å². The van der Waals surface area contributed by atoms with Crippen LogP contribution in [0.25, 0.3) is 0 Å². The van der Waals surface area contributed by atoms with Crippen LogP contribution in [0.5, 0.6) is 0 Å². The second-order valence-electron chi connectivity index (χ2n) is 6.39. The Labute approximate surface area is 165 Å². The number of guanidine groups is 1.